The maximum atomic E-state index is 14.1. The molecule has 1 fully saturated rings. The Morgan fingerprint density at radius 3 is 2.25 bits per heavy atom. The van der Waals surface area contributed by atoms with Crippen molar-refractivity contribution in [3.8, 4) is 21.6 Å². The van der Waals surface area contributed by atoms with E-state index in [4.69, 9.17) is 5.73 Å². The van der Waals surface area contributed by atoms with Crippen LogP contribution in [0.4, 0.5) is 22.0 Å². The van der Waals surface area contributed by atoms with Crippen molar-refractivity contribution in [3.05, 3.63) is 113 Å². The maximum Gasteiger partial charge on any atom is 0.323 e. The van der Waals surface area contributed by atoms with E-state index in [9.17, 15) is 29.1 Å². The number of rotatable bonds is 16. The average molecular weight is 940 g/mol. The first-order valence-corrected chi connectivity index (χ1v) is 24.0. The number of aryl methyl sites for hydroxylation is 1. The normalized spacial score (nSPS) is 15.3. The monoisotopic (exact) mass is 939 g/mol. The number of amides is 5. The molecule has 0 radical (unpaired) electrons. The molecule has 5 amide bonds. The number of aromatic nitrogens is 3. The van der Waals surface area contributed by atoms with Crippen molar-refractivity contribution in [3.63, 3.8) is 0 Å². The van der Waals surface area contributed by atoms with Crippen LogP contribution in [0.1, 0.15) is 101 Å². The van der Waals surface area contributed by atoms with Gasteiger partial charge in [-0.2, -0.15) is 4.68 Å². The summed E-state index contributed by atoms with van der Waals surface area (Å²) < 4.78 is 1.33. The molecule has 1 aliphatic heterocycles. The number of nitrogen functional groups attached to an aromatic ring is 1. The van der Waals surface area contributed by atoms with Gasteiger partial charge >= 0.3 is 6.03 Å². The lowest BCUT2D eigenvalue weighted by atomic mass is 9.85. The summed E-state index contributed by atoms with van der Waals surface area (Å²) in [6.07, 6.45) is 1.04. The summed E-state index contributed by atoms with van der Waals surface area (Å²) in [4.78, 5) is 74.2. The number of hydrogen-bond acceptors (Lipinski definition) is 10. The summed E-state index contributed by atoms with van der Waals surface area (Å²) in [5.74, 6) is -0.847. The molecule has 3 heterocycles. The van der Waals surface area contributed by atoms with Crippen LogP contribution in [0.5, 0.6) is 0 Å². The predicted molar refractivity (Wildman–Crippen MR) is 268 cm³/mol. The van der Waals surface area contributed by atoms with Gasteiger partial charge in [0, 0.05) is 43.7 Å². The van der Waals surface area contributed by atoms with E-state index in [-0.39, 0.29) is 61.9 Å². The van der Waals surface area contributed by atoms with Crippen molar-refractivity contribution in [2.75, 3.05) is 22.9 Å². The fourth-order valence-electron chi connectivity index (χ4n) is 8.52. The zero-order chi connectivity index (χ0) is 48.7. The lowest BCUT2D eigenvalue weighted by molar-refractivity contribution is -0.144. The number of hydrogen-bond donors (Lipinski definition) is 6. The van der Waals surface area contributed by atoms with Gasteiger partial charge < -0.3 is 37.0 Å². The molecule has 7 N–H and O–H groups in total. The molecular weight excluding hydrogens is 879 g/mol. The maximum absolute atomic E-state index is 14.1. The Bertz CT molecular complexity index is 2790. The summed E-state index contributed by atoms with van der Waals surface area (Å²) in [6, 6.07) is 26.3. The number of nitrogens with one attached hydrogen (secondary N) is 4. The van der Waals surface area contributed by atoms with Crippen molar-refractivity contribution >= 4 is 69.1 Å². The number of urea groups is 1. The van der Waals surface area contributed by atoms with Crippen LogP contribution >= 0.6 is 11.3 Å². The number of likely N-dealkylation sites (tertiary alicyclic amines) is 1. The third-order valence-electron chi connectivity index (χ3n) is 12.2. The van der Waals surface area contributed by atoms with Crippen LogP contribution in [-0.2, 0) is 20.9 Å². The fourth-order valence-corrected chi connectivity index (χ4v) is 9.33. The molecule has 16 heteroatoms. The van der Waals surface area contributed by atoms with Gasteiger partial charge in [-0.1, -0.05) is 102 Å². The number of aliphatic hydroxyl groups excluding tert-OH is 1. The molecule has 0 spiro atoms. The van der Waals surface area contributed by atoms with Crippen LogP contribution in [0.15, 0.2) is 96.5 Å². The molecule has 4 aromatic carbocycles. The van der Waals surface area contributed by atoms with Crippen molar-refractivity contribution in [1.29, 1.82) is 0 Å². The molecule has 0 aliphatic carbocycles. The first-order chi connectivity index (χ1) is 32.5. The van der Waals surface area contributed by atoms with E-state index >= 15 is 0 Å². The van der Waals surface area contributed by atoms with Gasteiger partial charge in [0.1, 0.15) is 12.1 Å². The highest BCUT2D eigenvalue weighted by atomic mass is 32.1. The van der Waals surface area contributed by atoms with Crippen LogP contribution in [0.2, 0.25) is 0 Å². The molecule has 0 unspecified atom stereocenters. The third kappa shape index (κ3) is 11.8. The van der Waals surface area contributed by atoms with Crippen LogP contribution in [0.3, 0.4) is 0 Å². The summed E-state index contributed by atoms with van der Waals surface area (Å²) in [7, 11) is 0. The van der Waals surface area contributed by atoms with E-state index in [0.717, 1.165) is 38.4 Å². The molecule has 356 valence electrons. The summed E-state index contributed by atoms with van der Waals surface area (Å²) in [6.45, 7) is 11.9. The number of nitrogens with two attached hydrogens (primary N) is 1. The minimum atomic E-state index is -0.945. The molecular formula is C52H61N9O6S. The number of aliphatic hydroxyl groups is 1. The van der Waals surface area contributed by atoms with Crippen molar-refractivity contribution in [2.45, 2.75) is 111 Å². The quantitative estimate of drug-likeness (QED) is 0.0511. The topological polar surface area (TPSA) is 214 Å². The Balaban J connectivity index is 0.900. The highest BCUT2D eigenvalue weighted by Gasteiger charge is 2.44. The third-order valence-corrected chi connectivity index (χ3v) is 13.2. The fraction of sp³-hybridized carbons (Fsp3) is 0.365. The van der Waals surface area contributed by atoms with E-state index in [1.807, 2.05) is 112 Å². The van der Waals surface area contributed by atoms with Crippen molar-refractivity contribution in [2.24, 2.45) is 5.41 Å². The molecule has 15 nitrogen and oxygen atoms in total. The number of unbranched alkanes of at least 4 members (excludes halogenated alkanes) is 2. The van der Waals surface area contributed by atoms with Gasteiger partial charge in [-0.15, -0.1) is 16.4 Å². The number of carbonyl (C=O) groups is 5. The molecule has 1 aliphatic rings. The molecule has 6 aromatic rings. The predicted octanol–water partition coefficient (Wildman–Crippen LogP) is 8.88. The number of fused-ring (bicyclic) bond motifs is 1. The first-order valence-electron chi connectivity index (χ1n) is 23.1. The average Bonchev–Trinajstić information content (AvgIpc) is 4.02. The Kier molecular flexibility index (Phi) is 15.4. The standard InChI is InChI=1S/C52H61N9O6S/c1-31(2)35-13-10-15-37(25-35)56-51(67)57-38-16-11-14-36(26-38)40-17-12-18-41-45(40)48(53)59-61(41)44(64)20-9-7-8-19-43(63)58-47(52(4,5)6)50(66)60-29-39(62)27-42(60)49(65)54-28-33-21-23-34(24-22-33)46-32(3)55-30-68-46/h10-18,21-26,30-31,39,42,47,62H,7-9,19-20,27-29H2,1-6H3,(H2,53,59)(H,54,65)(H,58,63)(H2,56,57,67)/t39-,42+,47-/m1/s1. The van der Waals surface area contributed by atoms with Crippen LogP contribution < -0.4 is 27.0 Å². The largest absolute Gasteiger partial charge is 0.391 e. The highest BCUT2D eigenvalue weighted by Crippen LogP contribution is 2.34. The van der Waals surface area contributed by atoms with Crippen molar-refractivity contribution < 1.29 is 29.1 Å². The summed E-state index contributed by atoms with van der Waals surface area (Å²) >= 11 is 1.57. The number of benzene rings is 4. The second kappa shape index (κ2) is 21.4. The number of β-amino-alcohol motifs (C(OH)–C–C–N with tert-alkyl or cyclic N) is 1. The molecule has 7 rings (SSSR count). The highest BCUT2D eigenvalue weighted by molar-refractivity contribution is 7.13. The zero-order valence-corrected chi connectivity index (χ0v) is 40.3. The van der Waals surface area contributed by atoms with Gasteiger partial charge in [0.05, 0.1) is 33.1 Å². The van der Waals surface area contributed by atoms with Crippen LogP contribution in [0.25, 0.3) is 32.5 Å². The molecule has 68 heavy (non-hydrogen) atoms. The molecule has 1 saturated heterocycles. The molecule has 0 bridgehead atoms. The molecule has 0 saturated carbocycles. The summed E-state index contributed by atoms with van der Waals surface area (Å²) in [5.41, 5.74) is 14.9. The smallest absolute Gasteiger partial charge is 0.323 e. The van der Waals surface area contributed by atoms with E-state index in [2.05, 4.69) is 45.2 Å². The minimum Gasteiger partial charge on any atom is -0.391 e. The number of anilines is 3. The van der Waals surface area contributed by atoms with E-state index in [1.165, 1.54) is 9.58 Å². The number of nitrogens with zero attached hydrogens (tertiary/aromatic N) is 4. The number of thiazole rings is 1. The zero-order valence-electron chi connectivity index (χ0n) is 39.5. The van der Waals surface area contributed by atoms with Crippen LogP contribution in [-0.4, -0.2) is 79.2 Å². The Labute approximate surface area is 400 Å². The first kappa shape index (κ1) is 49.0. The SMILES string of the molecule is Cc1ncsc1-c1ccc(CNC(=O)[C@@H]2C[C@@H](O)CN2C(=O)[C@@H](NC(=O)CCCCCC(=O)n2nc(N)c3c(-c4cccc(NC(=O)Nc5cccc(C(C)C)c5)c4)cccc32)C(C)(C)C)cc1. The Morgan fingerprint density at radius 2 is 1.56 bits per heavy atom. The van der Waals surface area contributed by atoms with Crippen molar-refractivity contribution in [1.82, 2.24) is 30.3 Å². The van der Waals surface area contributed by atoms with Gasteiger partial charge in [0.15, 0.2) is 5.82 Å². The molecule has 3 atom stereocenters. The van der Waals surface area contributed by atoms with E-state index < -0.39 is 29.5 Å². The Morgan fingerprint density at radius 1 is 0.868 bits per heavy atom. The van der Waals surface area contributed by atoms with Gasteiger partial charge in [-0.3, -0.25) is 19.2 Å². The molecule has 2 aromatic heterocycles. The Hall–Kier alpha value is -6.91. The number of carbonyl (C=O) groups excluding carboxylic acids is 5. The summed E-state index contributed by atoms with van der Waals surface area (Å²) in [5, 5.41) is 27.3. The van der Waals surface area contributed by atoms with E-state index in [0.29, 0.717) is 47.5 Å². The van der Waals surface area contributed by atoms with Gasteiger partial charge in [0.25, 0.3) is 0 Å². The van der Waals surface area contributed by atoms with Gasteiger partial charge in [0.2, 0.25) is 23.6 Å². The second-order valence-electron chi connectivity index (χ2n) is 18.8. The van der Waals surface area contributed by atoms with Gasteiger partial charge in [-0.25, -0.2) is 9.78 Å². The lowest BCUT2D eigenvalue weighted by Gasteiger charge is -2.35. The van der Waals surface area contributed by atoms with Gasteiger partial charge in [-0.05, 0) is 89.2 Å². The second-order valence-corrected chi connectivity index (χ2v) is 19.7. The minimum absolute atomic E-state index is 0.0193. The van der Waals surface area contributed by atoms with E-state index in [1.54, 1.807) is 23.5 Å². The van der Waals surface area contributed by atoms with Crippen LogP contribution in [0, 0.1) is 12.3 Å². The lowest BCUT2D eigenvalue weighted by Crippen LogP contribution is -2.57.